The van der Waals surface area contributed by atoms with E-state index < -0.39 is 0 Å². The highest BCUT2D eigenvalue weighted by Crippen LogP contribution is 2.35. The van der Waals surface area contributed by atoms with E-state index in [2.05, 4.69) is 49.7 Å². The van der Waals surface area contributed by atoms with Crippen LogP contribution in [0.1, 0.15) is 34.1 Å². The summed E-state index contributed by atoms with van der Waals surface area (Å²) in [6.07, 6.45) is 1.05. The fourth-order valence-electron chi connectivity index (χ4n) is 3.01. The van der Waals surface area contributed by atoms with E-state index in [0.29, 0.717) is 11.8 Å². The molecule has 18 heavy (non-hydrogen) atoms. The van der Waals surface area contributed by atoms with E-state index in [9.17, 15) is 0 Å². The molecule has 1 atom stereocenters. The van der Waals surface area contributed by atoms with Gasteiger partial charge in [0.25, 0.3) is 0 Å². The van der Waals surface area contributed by atoms with Gasteiger partial charge in [-0.05, 0) is 26.8 Å². The lowest BCUT2D eigenvalue weighted by Gasteiger charge is -2.42. The summed E-state index contributed by atoms with van der Waals surface area (Å²) < 4.78 is 0. The van der Waals surface area contributed by atoms with Crippen molar-refractivity contribution in [3.05, 3.63) is 0 Å². The van der Waals surface area contributed by atoms with Crippen LogP contribution in [-0.4, -0.2) is 54.5 Å². The minimum Gasteiger partial charge on any atom is -0.388 e. The summed E-state index contributed by atoms with van der Waals surface area (Å²) in [5.74, 6) is 2.32. The largest absolute Gasteiger partial charge is 0.388 e. The minimum absolute atomic E-state index is 0.135. The standard InChI is InChI=1S/C14H27N3O/c1-11(2)12-10-13(15-18-14(12,3)4)17-8-6-16(5)7-9-17/h11-12H,6-10H2,1-5H3. The zero-order chi connectivity index (χ0) is 13.3. The Hall–Kier alpha value is -0.770. The molecule has 0 aromatic carbocycles. The zero-order valence-electron chi connectivity index (χ0n) is 12.4. The minimum atomic E-state index is -0.135. The molecule has 4 nitrogen and oxygen atoms in total. The molecule has 2 aliphatic heterocycles. The molecule has 4 heteroatoms. The maximum atomic E-state index is 5.76. The van der Waals surface area contributed by atoms with E-state index >= 15 is 0 Å². The molecular formula is C14H27N3O. The Morgan fingerprint density at radius 2 is 1.83 bits per heavy atom. The lowest BCUT2D eigenvalue weighted by atomic mass is 9.78. The van der Waals surface area contributed by atoms with Gasteiger partial charge in [-0.15, -0.1) is 0 Å². The van der Waals surface area contributed by atoms with Crippen LogP contribution in [0.5, 0.6) is 0 Å². The molecule has 0 aromatic rings. The Morgan fingerprint density at radius 1 is 1.22 bits per heavy atom. The van der Waals surface area contributed by atoms with E-state index in [1.54, 1.807) is 0 Å². The van der Waals surface area contributed by atoms with Crippen LogP contribution in [0.25, 0.3) is 0 Å². The van der Waals surface area contributed by atoms with Gasteiger partial charge < -0.3 is 14.6 Å². The molecule has 0 amide bonds. The first kappa shape index (κ1) is 13.7. The van der Waals surface area contributed by atoms with E-state index in [1.165, 1.54) is 0 Å². The number of piperazine rings is 1. The maximum absolute atomic E-state index is 5.76. The number of amidine groups is 1. The molecule has 1 unspecified atom stereocenters. The Balaban J connectivity index is 2.05. The average molecular weight is 253 g/mol. The van der Waals surface area contributed by atoms with Gasteiger partial charge in [0.05, 0.1) is 0 Å². The molecule has 1 saturated heterocycles. The van der Waals surface area contributed by atoms with E-state index in [-0.39, 0.29) is 5.60 Å². The predicted molar refractivity (Wildman–Crippen MR) is 74.6 cm³/mol. The van der Waals surface area contributed by atoms with Crippen LogP contribution >= 0.6 is 0 Å². The van der Waals surface area contributed by atoms with Crippen LogP contribution in [0.2, 0.25) is 0 Å². The van der Waals surface area contributed by atoms with Crippen molar-refractivity contribution >= 4 is 5.84 Å². The normalized spacial score (nSPS) is 29.1. The topological polar surface area (TPSA) is 28.1 Å². The molecule has 0 saturated carbocycles. The number of likely N-dealkylation sites (N-methyl/N-ethyl adjacent to an activating group) is 1. The summed E-state index contributed by atoms with van der Waals surface area (Å²) in [6, 6.07) is 0. The summed E-state index contributed by atoms with van der Waals surface area (Å²) >= 11 is 0. The molecular weight excluding hydrogens is 226 g/mol. The van der Waals surface area contributed by atoms with Gasteiger partial charge in [0.1, 0.15) is 11.4 Å². The summed E-state index contributed by atoms with van der Waals surface area (Å²) in [5.41, 5.74) is -0.135. The molecule has 1 fully saturated rings. The van der Waals surface area contributed by atoms with E-state index in [1.807, 2.05) is 0 Å². The maximum Gasteiger partial charge on any atom is 0.145 e. The van der Waals surface area contributed by atoms with Crippen molar-refractivity contribution in [2.24, 2.45) is 17.0 Å². The van der Waals surface area contributed by atoms with Crippen molar-refractivity contribution < 1.29 is 4.84 Å². The van der Waals surface area contributed by atoms with E-state index in [4.69, 9.17) is 4.84 Å². The monoisotopic (exact) mass is 253 g/mol. The molecule has 0 N–H and O–H groups in total. The van der Waals surface area contributed by atoms with Crippen LogP contribution in [-0.2, 0) is 4.84 Å². The lowest BCUT2D eigenvalue weighted by molar-refractivity contribution is -0.0852. The Morgan fingerprint density at radius 3 is 2.39 bits per heavy atom. The van der Waals surface area contributed by atoms with Gasteiger partial charge in [0.2, 0.25) is 0 Å². The molecule has 2 heterocycles. The molecule has 0 aromatic heterocycles. The van der Waals surface area contributed by atoms with Gasteiger partial charge in [-0.1, -0.05) is 19.0 Å². The highest BCUT2D eigenvalue weighted by atomic mass is 16.7. The summed E-state index contributed by atoms with van der Waals surface area (Å²) in [5, 5.41) is 4.39. The zero-order valence-corrected chi connectivity index (χ0v) is 12.4. The molecule has 0 aliphatic carbocycles. The van der Waals surface area contributed by atoms with Gasteiger partial charge >= 0.3 is 0 Å². The SMILES string of the molecule is CC(C)C1CC(N2CCN(C)CC2)=NOC1(C)C. The quantitative estimate of drug-likeness (QED) is 0.715. The van der Waals surface area contributed by atoms with Gasteiger partial charge in [-0.25, -0.2) is 0 Å². The van der Waals surface area contributed by atoms with Crippen molar-refractivity contribution in [2.45, 2.75) is 39.7 Å². The fraction of sp³-hybridized carbons (Fsp3) is 0.929. The second kappa shape index (κ2) is 5.08. The molecule has 0 radical (unpaired) electrons. The Kier molecular flexibility index (Phi) is 3.85. The van der Waals surface area contributed by atoms with Crippen molar-refractivity contribution in [1.29, 1.82) is 0 Å². The molecule has 104 valence electrons. The van der Waals surface area contributed by atoms with Crippen molar-refractivity contribution in [1.82, 2.24) is 9.80 Å². The third-order valence-corrected chi connectivity index (χ3v) is 4.35. The first-order valence-corrected chi connectivity index (χ1v) is 7.08. The molecule has 2 aliphatic rings. The van der Waals surface area contributed by atoms with Crippen LogP contribution < -0.4 is 0 Å². The number of hydrogen-bond acceptors (Lipinski definition) is 4. The summed E-state index contributed by atoms with van der Waals surface area (Å²) in [7, 11) is 2.18. The first-order valence-electron chi connectivity index (χ1n) is 7.08. The third kappa shape index (κ3) is 2.79. The number of hydrogen-bond donors (Lipinski definition) is 0. The number of nitrogens with zero attached hydrogens (tertiary/aromatic N) is 3. The van der Waals surface area contributed by atoms with Crippen LogP contribution in [0.3, 0.4) is 0 Å². The Bertz CT molecular complexity index is 317. The van der Waals surface area contributed by atoms with Gasteiger partial charge in [-0.3, -0.25) is 0 Å². The highest BCUT2D eigenvalue weighted by molar-refractivity contribution is 5.82. The number of rotatable bonds is 1. The van der Waals surface area contributed by atoms with Crippen LogP contribution in [0, 0.1) is 11.8 Å². The predicted octanol–water partition coefficient (Wildman–Crippen LogP) is 2.02. The summed E-state index contributed by atoms with van der Waals surface area (Å²) in [4.78, 5) is 10.5. The molecule has 2 rings (SSSR count). The fourth-order valence-corrected chi connectivity index (χ4v) is 3.01. The van der Waals surface area contributed by atoms with Crippen molar-refractivity contribution in [3.63, 3.8) is 0 Å². The second-order valence-electron chi connectivity index (χ2n) is 6.55. The van der Waals surface area contributed by atoms with Gasteiger partial charge in [0, 0.05) is 38.5 Å². The smallest absolute Gasteiger partial charge is 0.145 e. The molecule has 0 bridgehead atoms. The van der Waals surface area contributed by atoms with E-state index in [0.717, 1.165) is 38.4 Å². The lowest BCUT2D eigenvalue weighted by Crippen LogP contribution is -2.51. The average Bonchev–Trinajstić information content (AvgIpc) is 2.29. The van der Waals surface area contributed by atoms with Gasteiger partial charge in [0.15, 0.2) is 0 Å². The second-order valence-corrected chi connectivity index (χ2v) is 6.55. The first-order chi connectivity index (χ1) is 8.40. The third-order valence-electron chi connectivity index (χ3n) is 4.35. The highest BCUT2D eigenvalue weighted by Gasteiger charge is 2.39. The summed E-state index contributed by atoms with van der Waals surface area (Å²) in [6.45, 7) is 13.3. The van der Waals surface area contributed by atoms with Crippen molar-refractivity contribution in [2.75, 3.05) is 33.2 Å². The number of oxime groups is 1. The molecule has 0 spiro atoms. The van der Waals surface area contributed by atoms with Crippen LogP contribution in [0.4, 0.5) is 0 Å². The van der Waals surface area contributed by atoms with Crippen molar-refractivity contribution in [3.8, 4) is 0 Å². The van der Waals surface area contributed by atoms with Gasteiger partial charge in [-0.2, -0.15) is 0 Å². The Labute approximate surface area is 111 Å². The van der Waals surface area contributed by atoms with Crippen LogP contribution in [0.15, 0.2) is 5.16 Å².